The molecule has 1 aliphatic heterocycles. The third-order valence-corrected chi connectivity index (χ3v) is 5.84. The van der Waals surface area contributed by atoms with Gasteiger partial charge in [0.25, 0.3) is 0 Å². The Morgan fingerprint density at radius 1 is 1.23 bits per heavy atom. The molecule has 160 valence electrons. The number of fused-ring (bicyclic) bond motifs is 1. The van der Waals surface area contributed by atoms with Crippen LogP contribution in [-0.4, -0.2) is 40.9 Å². The highest BCUT2D eigenvalue weighted by atomic mass is 32.2. The van der Waals surface area contributed by atoms with Crippen molar-refractivity contribution < 1.29 is 19.1 Å². The number of imidazole rings is 1. The number of hydrogen-bond donors (Lipinski definition) is 2. The number of esters is 1. The molecule has 2 N–H and O–H groups in total. The predicted octanol–water partition coefficient (Wildman–Crippen LogP) is 3.31. The van der Waals surface area contributed by atoms with Crippen LogP contribution in [0.2, 0.25) is 0 Å². The fourth-order valence-electron chi connectivity index (χ4n) is 3.39. The second kappa shape index (κ2) is 9.13. The molecule has 9 heteroatoms. The molecule has 1 atom stereocenters. The smallest absolute Gasteiger partial charge is 0.338 e. The van der Waals surface area contributed by atoms with Crippen molar-refractivity contribution in [1.82, 2.24) is 20.0 Å². The number of hydrogen-bond acceptors (Lipinski definition) is 6. The van der Waals surface area contributed by atoms with Crippen LogP contribution in [0.25, 0.3) is 5.52 Å². The average molecular weight is 439 g/mol. The zero-order chi connectivity index (χ0) is 21.8. The number of methoxy groups -OCH3 is 1. The summed E-state index contributed by atoms with van der Waals surface area (Å²) in [6.45, 7) is 1.98. The minimum atomic E-state index is -0.633. The Morgan fingerprint density at radius 3 is 2.77 bits per heavy atom. The van der Waals surface area contributed by atoms with Crippen LogP contribution in [0.3, 0.4) is 0 Å². The molecule has 2 amide bonds. The van der Waals surface area contributed by atoms with Crippen LogP contribution in [0.4, 0.5) is 4.79 Å². The maximum atomic E-state index is 12.9. The number of benzene rings is 1. The second-order valence-electron chi connectivity index (χ2n) is 6.74. The molecular formula is C22H22N4O4S. The van der Waals surface area contributed by atoms with Crippen LogP contribution in [0.1, 0.15) is 18.5 Å². The number of nitrogens with zero attached hydrogens (tertiary/aromatic N) is 2. The molecular weight excluding hydrogens is 416 g/mol. The maximum Gasteiger partial charge on any atom is 0.338 e. The van der Waals surface area contributed by atoms with E-state index in [4.69, 9.17) is 9.47 Å². The van der Waals surface area contributed by atoms with Gasteiger partial charge < -0.3 is 20.1 Å². The van der Waals surface area contributed by atoms with Gasteiger partial charge in [0.2, 0.25) is 0 Å². The van der Waals surface area contributed by atoms with Crippen molar-refractivity contribution in [1.29, 1.82) is 0 Å². The van der Waals surface area contributed by atoms with Crippen LogP contribution in [0, 0.1) is 0 Å². The highest BCUT2D eigenvalue weighted by Gasteiger charge is 2.33. The SMILES string of the molecule is CCOC(=O)C1=C(CSc2ncc3ccccn23)NC(=O)NC1c1ccc(OC)cc1. The topological polar surface area (TPSA) is 94.0 Å². The van der Waals surface area contributed by atoms with E-state index in [1.165, 1.54) is 11.8 Å². The van der Waals surface area contributed by atoms with Crippen LogP contribution < -0.4 is 15.4 Å². The fraction of sp³-hybridized carbons (Fsp3) is 0.227. The van der Waals surface area contributed by atoms with Crippen molar-refractivity contribution in [2.24, 2.45) is 0 Å². The standard InChI is InChI=1S/C22H22N4O4S/c1-3-30-20(27)18-17(13-31-22-23-12-15-6-4-5-11-26(15)22)24-21(28)25-19(18)14-7-9-16(29-2)10-8-14/h4-12,19H,3,13H2,1-2H3,(H2,24,25,28). The number of nitrogens with one attached hydrogen (secondary N) is 2. The van der Waals surface area contributed by atoms with E-state index < -0.39 is 12.0 Å². The molecule has 3 heterocycles. The third kappa shape index (κ3) is 4.36. The van der Waals surface area contributed by atoms with Gasteiger partial charge in [0.15, 0.2) is 5.16 Å². The predicted molar refractivity (Wildman–Crippen MR) is 117 cm³/mol. The Hall–Kier alpha value is -3.46. The van der Waals surface area contributed by atoms with Crippen molar-refractivity contribution in [3.63, 3.8) is 0 Å². The Kier molecular flexibility index (Phi) is 6.13. The molecule has 0 bridgehead atoms. The summed E-state index contributed by atoms with van der Waals surface area (Å²) in [6.07, 6.45) is 3.70. The van der Waals surface area contributed by atoms with Crippen molar-refractivity contribution in [2.75, 3.05) is 19.5 Å². The molecule has 8 nitrogen and oxygen atoms in total. The van der Waals surface area contributed by atoms with Gasteiger partial charge in [-0.25, -0.2) is 14.6 Å². The van der Waals surface area contributed by atoms with Crippen LogP contribution in [0.5, 0.6) is 5.75 Å². The van der Waals surface area contributed by atoms with Gasteiger partial charge in [0.05, 0.1) is 37.0 Å². The van der Waals surface area contributed by atoms with Gasteiger partial charge in [-0.2, -0.15) is 0 Å². The van der Waals surface area contributed by atoms with Gasteiger partial charge in [-0.15, -0.1) is 0 Å². The summed E-state index contributed by atoms with van der Waals surface area (Å²) in [5.74, 6) is 0.564. The first-order valence-corrected chi connectivity index (χ1v) is 10.8. The molecule has 0 radical (unpaired) electrons. The minimum Gasteiger partial charge on any atom is -0.497 e. The lowest BCUT2D eigenvalue weighted by Gasteiger charge is -2.29. The van der Waals surface area contributed by atoms with Gasteiger partial charge >= 0.3 is 12.0 Å². The molecule has 0 saturated heterocycles. The number of pyridine rings is 1. The van der Waals surface area contributed by atoms with Crippen molar-refractivity contribution >= 4 is 29.3 Å². The number of carbonyl (C=O) groups excluding carboxylic acids is 2. The number of ether oxygens (including phenoxy) is 2. The summed E-state index contributed by atoms with van der Waals surface area (Å²) < 4.78 is 12.5. The Bertz CT molecular complexity index is 1140. The first-order valence-electron chi connectivity index (χ1n) is 9.77. The maximum absolute atomic E-state index is 12.9. The van der Waals surface area contributed by atoms with E-state index in [0.717, 1.165) is 16.2 Å². The Balaban J connectivity index is 1.68. The molecule has 31 heavy (non-hydrogen) atoms. The van der Waals surface area contributed by atoms with E-state index in [1.807, 2.05) is 40.9 Å². The summed E-state index contributed by atoms with van der Waals surface area (Å²) in [7, 11) is 1.58. The van der Waals surface area contributed by atoms with Crippen molar-refractivity contribution in [2.45, 2.75) is 18.1 Å². The largest absolute Gasteiger partial charge is 0.497 e. The highest BCUT2D eigenvalue weighted by molar-refractivity contribution is 7.99. The van der Waals surface area contributed by atoms with E-state index in [-0.39, 0.29) is 12.6 Å². The second-order valence-corrected chi connectivity index (χ2v) is 7.68. The summed E-state index contributed by atoms with van der Waals surface area (Å²) in [5.41, 5.74) is 2.60. The summed E-state index contributed by atoms with van der Waals surface area (Å²) in [6, 6.07) is 12.0. The molecule has 3 aromatic rings. The molecule has 4 rings (SSSR count). The molecule has 1 aliphatic rings. The Labute approximate surface area is 183 Å². The molecule has 0 spiro atoms. The van der Waals surface area contributed by atoms with E-state index >= 15 is 0 Å². The lowest BCUT2D eigenvalue weighted by Crippen LogP contribution is -2.46. The van der Waals surface area contributed by atoms with Gasteiger partial charge in [-0.05, 0) is 36.8 Å². The number of rotatable bonds is 7. The molecule has 0 saturated carbocycles. The average Bonchev–Trinajstić information content (AvgIpc) is 3.20. The van der Waals surface area contributed by atoms with E-state index in [0.29, 0.717) is 22.8 Å². The van der Waals surface area contributed by atoms with E-state index in [2.05, 4.69) is 15.6 Å². The zero-order valence-electron chi connectivity index (χ0n) is 17.1. The van der Waals surface area contributed by atoms with Crippen LogP contribution in [0.15, 0.2) is 71.3 Å². The lowest BCUT2D eigenvalue weighted by atomic mass is 9.95. The first-order chi connectivity index (χ1) is 15.1. The normalized spacial score (nSPS) is 16.1. The van der Waals surface area contributed by atoms with Crippen molar-refractivity contribution in [3.05, 3.63) is 71.7 Å². The fourth-order valence-corrected chi connectivity index (χ4v) is 4.32. The lowest BCUT2D eigenvalue weighted by molar-refractivity contribution is -0.139. The number of amides is 2. The Morgan fingerprint density at radius 2 is 2.03 bits per heavy atom. The number of aromatic nitrogens is 2. The van der Waals surface area contributed by atoms with Gasteiger partial charge in [0.1, 0.15) is 5.75 Å². The summed E-state index contributed by atoms with van der Waals surface area (Å²) in [5, 5.41) is 6.38. The number of urea groups is 1. The van der Waals surface area contributed by atoms with Crippen LogP contribution in [-0.2, 0) is 9.53 Å². The van der Waals surface area contributed by atoms with E-state index in [1.54, 1.807) is 32.4 Å². The van der Waals surface area contributed by atoms with Gasteiger partial charge in [0, 0.05) is 17.6 Å². The molecule has 0 aliphatic carbocycles. The third-order valence-electron chi connectivity index (χ3n) is 4.85. The molecule has 0 fully saturated rings. The van der Waals surface area contributed by atoms with E-state index in [9.17, 15) is 9.59 Å². The van der Waals surface area contributed by atoms with Crippen LogP contribution >= 0.6 is 11.8 Å². The number of carbonyl (C=O) groups is 2. The zero-order valence-corrected chi connectivity index (χ0v) is 17.9. The molecule has 2 aromatic heterocycles. The monoisotopic (exact) mass is 438 g/mol. The number of thioether (sulfide) groups is 1. The van der Waals surface area contributed by atoms with Gasteiger partial charge in [-0.3, -0.25) is 4.40 Å². The highest BCUT2D eigenvalue weighted by Crippen LogP contribution is 2.31. The molecule has 1 aromatic carbocycles. The first kappa shape index (κ1) is 20.8. The minimum absolute atomic E-state index is 0.233. The van der Waals surface area contributed by atoms with Crippen molar-refractivity contribution in [3.8, 4) is 5.75 Å². The summed E-state index contributed by atoms with van der Waals surface area (Å²) in [4.78, 5) is 29.7. The van der Waals surface area contributed by atoms with Gasteiger partial charge in [-0.1, -0.05) is 30.0 Å². The molecule has 1 unspecified atom stereocenters. The quantitative estimate of drug-likeness (QED) is 0.434. The summed E-state index contributed by atoms with van der Waals surface area (Å²) >= 11 is 1.43.